The van der Waals surface area contributed by atoms with Crippen molar-refractivity contribution < 1.29 is 14.3 Å². The van der Waals surface area contributed by atoms with Gasteiger partial charge in [0.15, 0.2) is 0 Å². The van der Waals surface area contributed by atoms with Crippen molar-refractivity contribution in [3.05, 3.63) is 11.8 Å². The molecule has 0 aromatic carbocycles. The molecule has 1 atom stereocenters. The normalized spacial score (nSPS) is 20.2. The number of hydrogen-bond acceptors (Lipinski definition) is 3. The summed E-state index contributed by atoms with van der Waals surface area (Å²) in [7, 11) is 0. The Morgan fingerprint density at radius 2 is 1.63 bits per heavy atom. The maximum atomic E-state index is 12.0. The van der Waals surface area contributed by atoms with Crippen LogP contribution in [0.15, 0.2) is 11.8 Å². The second kappa shape index (κ2) is 12.8. The lowest BCUT2D eigenvalue weighted by atomic mass is 10.1. The average molecular weight is 379 g/mol. The van der Waals surface area contributed by atoms with Gasteiger partial charge in [0.1, 0.15) is 5.76 Å². The fraction of sp³-hybridized carbons (Fsp3) is 0.818. The molecule has 2 saturated heterocycles. The first-order valence-electron chi connectivity index (χ1n) is 11.2. The van der Waals surface area contributed by atoms with Gasteiger partial charge in [0.25, 0.3) is 0 Å². The zero-order chi connectivity index (χ0) is 19.3. The summed E-state index contributed by atoms with van der Waals surface area (Å²) in [6.45, 7) is 3.70. The molecule has 0 spiro atoms. The molecule has 2 aliphatic heterocycles. The van der Waals surface area contributed by atoms with Crippen LogP contribution < -0.4 is 5.32 Å². The van der Waals surface area contributed by atoms with Crippen molar-refractivity contribution in [1.29, 1.82) is 0 Å². The summed E-state index contributed by atoms with van der Waals surface area (Å²) in [6.07, 6.45) is 18.8. The SMILES string of the molecule is CCCCCCCCCCCCCCNC(=O)/C=C1/OC(=O)N2CCC[C@@H]12. The molecule has 2 heterocycles. The fourth-order valence-corrected chi connectivity index (χ4v) is 3.99. The summed E-state index contributed by atoms with van der Waals surface area (Å²) in [6, 6.07) is -0.0186. The van der Waals surface area contributed by atoms with Gasteiger partial charge in [-0.25, -0.2) is 4.79 Å². The van der Waals surface area contributed by atoms with E-state index in [2.05, 4.69) is 12.2 Å². The number of cyclic esters (lactones) is 1. The monoisotopic (exact) mass is 378 g/mol. The van der Waals surface area contributed by atoms with Gasteiger partial charge in [-0.2, -0.15) is 0 Å². The van der Waals surface area contributed by atoms with Crippen molar-refractivity contribution in [2.24, 2.45) is 0 Å². The molecule has 0 aromatic rings. The first kappa shape index (κ1) is 21.8. The van der Waals surface area contributed by atoms with E-state index in [0.29, 0.717) is 12.3 Å². The quantitative estimate of drug-likeness (QED) is 0.329. The van der Waals surface area contributed by atoms with E-state index in [1.165, 1.54) is 76.7 Å². The number of rotatable bonds is 14. The van der Waals surface area contributed by atoms with Gasteiger partial charge in [-0.15, -0.1) is 0 Å². The summed E-state index contributed by atoms with van der Waals surface area (Å²) in [5, 5.41) is 2.91. The molecule has 2 amide bonds. The van der Waals surface area contributed by atoms with Crippen LogP contribution in [-0.2, 0) is 9.53 Å². The molecule has 27 heavy (non-hydrogen) atoms. The third-order valence-electron chi connectivity index (χ3n) is 5.62. The van der Waals surface area contributed by atoms with Crippen LogP contribution in [0.4, 0.5) is 4.79 Å². The van der Waals surface area contributed by atoms with Gasteiger partial charge in [0, 0.05) is 19.2 Å². The first-order valence-corrected chi connectivity index (χ1v) is 11.2. The largest absolute Gasteiger partial charge is 0.415 e. The first-order chi connectivity index (χ1) is 13.2. The Kier molecular flexibility index (Phi) is 10.3. The van der Waals surface area contributed by atoms with Crippen molar-refractivity contribution in [2.45, 2.75) is 103 Å². The maximum Gasteiger partial charge on any atom is 0.415 e. The van der Waals surface area contributed by atoms with Gasteiger partial charge in [0.05, 0.1) is 6.04 Å². The zero-order valence-corrected chi connectivity index (χ0v) is 17.1. The Morgan fingerprint density at radius 3 is 2.26 bits per heavy atom. The van der Waals surface area contributed by atoms with E-state index >= 15 is 0 Å². The zero-order valence-electron chi connectivity index (χ0n) is 17.1. The molecule has 0 aliphatic carbocycles. The molecular formula is C22H38N2O3. The second-order valence-electron chi connectivity index (χ2n) is 7.95. The number of fused-ring (bicyclic) bond motifs is 1. The van der Waals surface area contributed by atoms with Crippen molar-refractivity contribution in [3.8, 4) is 0 Å². The van der Waals surface area contributed by atoms with Crippen molar-refractivity contribution in [3.63, 3.8) is 0 Å². The highest BCUT2D eigenvalue weighted by Crippen LogP contribution is 2.31. The van der Waals surface area contributed by atoms with Gasteiger partial charge in [-0.05, 0) is 19.3 Å². The molecule has 0 bridgehead atoms. The molecule has 0 aromatic heterocycles. The fourth-order valence-electron chi connectivity index (χ4n) is 3.99. The van der Waals surface area contributed by atoms with E-state index in [9.17, 15) is 9.59 Å². The molecular weight excluding hydrogens is 340 g/mol. The van der Waals surface area contributed by atoms with Crippen LogP contribution in [0.2, 0.25) is 0 Å². The van der Waals surface area contributed by atoms with Crippen LogP contribution >= 0.6 is 0 Å². The summed E-state index contributed by atoms with van der Waals surface area (Å²) >= 11 is 0. The lowest BCUT2D eigenvalue weighted by Gasteiger charge is -2.09. The van der Waals surface area contributed by atoms with E-state index in [4.69, 9.17) is 4.74 Å². The molecule has 2 fully saturated rings. The van der Waals surface area contributed by atoms with E-state index in [1.807, 2.05) is 0 Å². The Balaban J connectivity index is 1.42. The minimum atomic E-state index is -0.308. The highest BCUT2D eigenvalue weighted by Gasteiger charge is 2.41. The number of nitrogens with zero attached hydrogens (tertiary/aromatic N) is 1. The average Bonchev–Trinajstić information content (AvgIpc) is 3.24. The van der Waals surface area contributed by atoms with E-state index in [-0.39, 0.29) is 18.0 Å². The molecule has 2 rings (SSSR count). The molecule has 1 N–H and O–H groups in total. The van der Waals surface area contributed by atoms with Crippen LogP contribution in [0.1, 0.15) is 96.8 Å². The molecule has 154 valence electrons. The topological polar surface area (TPSA) is 58.6 Å². The Labute approximate surface area is 164 Å². The van der Waals surface area contributed by atoms with Crippen molar-refractivity contribution in [2.75, 3.05) is 13.1 Å². The predicted molar refractivity (Wildman–Crippen MR) is 108 cm³/mol. The lowest BCUT2D eigenvalue weighted by Crippen LogP contribution is -2.27. The van der Waals surface area contributed by atoms with E-state index in [1.54, 1.807) is 4.90 Å². The standard InChI is InChI=1S/C22H38N2O3/c1-2-3-4-5-6-7-8-9-10-11-12-13-16-23-21(25)18-20-19-15-14-17-24(19)22(26)27-20/h18-19H,2-17H2,1H3,(H,23,25)/b20-18+/t19-/m0/s1. The Morgan fingerprint density at radius 1 is 1.04 bits per heavy atom. The van der Waals surface area contributed by atoms with Crippen LogP contribution in [0.3, 0.4) is 0 Å². The molecule has 2 aliphatic rings. The maximum absolute atomic E-state index is 12.0. The minimum absolute atomic E-state index is 0.0186. The van der Waals surface area contributed by atoms with Crippen molar-refractivity contribution in [1.82, 2.24) is 10.2 Å². The smallest absolute Gasteiger partial charge is 0.412 e. The van der Waals surface area contributed by atoms with Crippen LogP contribution in [-0.4, -0.2) is 36.0 Å². The third kappa shape index (κ3) is 7.94. The van der Waals surface area contributed by atoms with E-state index in [0.717, 1.165) is 25.8 Å². The summed E-state index contributed by atoms with van der Waals surface area (Å²) < 4.78 is 5.21. The van der Waals surface area contributed by atoms with Gasteiger partial charge in [-0.3, -0.25) is 9.69 Å². The molecule has 0 radical (unpaired) electrons. The Hall–Kier alpha value is -1.52. The number of ether oxygens (including phenoxy) is 1. The number of nitrogens with one attached hydrogen (secondary N) is 1. The van der Waals surface area contributed by atoms with E-state index < -0.39 is 0 Å². The lowest BCUT2D eigenvalue weighted by molar-refractivity contribution is -0.116. The number of carbonyl (C=O) groups is 2. The third-order valence-corrected chi connectivity index (χ3v) is 5.62. The highest BCUT2D eigenvalue weighted by molar-refractivity contribution is 5.89. The van der Waals surface area contributed by atoms with Gasteiger partial charge in [-0.1, -0.05) is 77.6 Å². The number of unbranched alkanes of at least 4 members (excludes halogenated alkanes) is 11. The number of hydrogen-bond donors (Lipinski definition) is 1. The minimum Gasteiger partial charge on any atom is -0.412 e. The molecule has 5 nitrogen and oxygen atoms in total. The van der Waals surface area contributed by atoms with Gasteiger partial charge in [0.2, 0.25) is 5.91 Å². The number of carbonyl (C=O) groups excluding carboxylic acids is 2. The Bertz CT molecular complexity index is 490. The van der Waals surface area contributed by atoms with Crippen LogP contribution in [0.25, 0.3) is 0 Å². The molecule has 0 saturated carbocycles. The van der Waals surface area contributed by atoms with Gasteiger partial charge < -0.3 is 10.1 Å². The van der Waals surface area contributed by atoms with Crippen LogP contribution in [0.5, 0.6) is 0 Å². The number of amides is 2. The van der Waals surface area contributed by atoms with Crippen LogP contribution in [0, 0.1) is 0 Å². The second-order valence-corrected chi connectivity index (χ2v) is 7.95. The molecule has 5 heteroatoms. The van der Waals surface area contributed by atoms with Gasteiger partial charge >= 0.3 is 6.09 Å². The predicted octanol–water partition coefficient (Wildman–Crippen LogP) is 5.30. The summed E-state index contributed by atoms with van der Waals surface area (Å²) in [5.74, 6) is 0.374. The van der Waals surface area contributed by atoms with Crippen molar-refractivity contribution >= 4 is 12.0 Å². The highest BCUT2D eigenvalue weighted by atomic mass is 16.6. The summed E-state index contributed by atoms with van der Waals surface area (Å²) in [4.78, 5) is 25.4. The summed E-state index contributed by atoms with van der Waals surface area (Å²) in [5.41, 5.74) is 0. The molecule has 0 unspecified atom stereocenters.